The van der Waals surface area contributed by atoms with Gasteiger partial charge in [-0.2, -0.15) is 0 Å². The number of methoxy groups -OCH3 is 3. The second kappa shape index (κ2) is 10.7. The van der Waals surface area contributed by atoms with Gasteiger partial charge < -0.3 is 24.8 Å². The van der Waals surface area contributed by atoms with Crippen molar-refractivity contribution in [3.05, 3.63) is 39.6 Å². The van der Waals surface area contributed by atoms with Gasteiger partial charge in [-0.25, -0.2) is 4.99 Å². The topological polar surface area (TPSA) is 64.1 Å². The van der Waals surface area contributed by atoms with Crippen molar-refractivity contribution in [2.24, 2.45) is 4.99 Å². The van der Waals surface area contributed by atoms with Crippen LogP contribution in [0, 0.1) is 0 Å². The van der Waals surface area contributed by atoms with Gasteiger partial charge in [-0.3, -0.25) is 0 Å². The van der Waals surface area contributed by atoms with E-state index in [4.69, 9.17) is 14.2 Å². The van der Waals surface area contributed by atoms with Gasteiger partial charge >= 0.3 is 0 Å². The molecule has 6 nitrogen and oxygen atoms in total. The smallest absolute Gasteiger partial charge is 0.203 e. The fraction of sp³-hybridized carbons (Fsp3) is 0.450. The number of nitrogens with one attached hydrogen (secondary N) is 2. The van der Waals surface area contributed by atoms with Crippen LogP contribution in [0.1, 0.15) is 29.2 Å². The Balaban J connectivity index is 2.11. The molecule has 0 saturated heterocycles. The van der Waals surface area contributed by atoms with Crippen LogP contribution in [0.15, 0.2) is 29.3 Å². The Hall–Kier alpha value is -2.41. The van der Waals surface area contributed by atoms with Gasteiger partial charge in [0.05, 0.1) is 34.4 Å². The number of benzene rings is 1. The molecule has 0 amide bonds. The average molecular weight is 392 g/mol. The predicted molar refractivity (Wildman–Crippen MR) is 111 cm³/mol. The normalized spacial score (nSPS) is 11.2. The van der Waals surface area contributed by atoms with Gasteiger partial charge in [0, 0.05) is 16.3 Å². The van der Waals surface area contributed by atoms with Crippen molar-refractivity contribution < 1.29 is 14.2 Å². The summed E-state index contributed by atoms with van der Waals surface area (Å²) in [6.07, 6.45) is 1.07. The highest BCUT2D eigenvalue weighted by Crippen LogP contribution is 2.38. The number of thiophene rings is 1. The van der Waals surface area contributed by atoms with Crippen LogP contribution in [0.5, 0.6) is 17.2 Å². The number of rotatable bonds is 9. The molecule has 2 rings (SSSR count). The monoisotopic (exact) mass is 391 g/mol. The maximum atomic E-state index is 5.41. The van der Waals surface area contributed by atoms with E-state index in [0.29, 0.717) is 23.8 Å². The Kier molecular flexibility index (Phi) is 8.26. The Morgan fingerprint density at radius 1 is 0.963 bits per heavy atom. The molecule has 2 aromatic rings. The van der Waals surface area contributed by atoms with Gasteiger partial charge in [0.15, 0.2) is 17.5 Å². The summed E-state index contributed by atoms with van der Waals surface area (Å²) in [7, 11) is 4.82. The molecule has 0 spiro atoms. The van der Waals surface area contributed by atoms with Gasteiger partial charge in [-0.1, -0.05) is 6.92 Å². The fourth-order valence-corrected chi connectivity index (χ4v) is 3.51. The molecule has 0 unspecified atom stereocenters. The lowest BCUT2D eigenvalue weighted by atomic mass is 10.2. The van der Waals surface area contributed by atoms with Crippen molar-refractivity contribution in [1.82, 2.24) is 10.6 Å². The Labute approximate surface area is 165 Å². The summed E-state index contributed by atoms with van der Waals surface area (Å²) in [5.74, 6) is 2.62. The second-order valence-corrected chi connectivity index (χ2v) is 7.06. The van der Waals surface area contributed by atoms with E-state index in [0.717, 1.165) is 31.0 Å². The quantitative estimate of drug-likeness (QED) is 0.505. The molecule has 7 heteroatoms. The van der Waals surface area contributed by atoms with Crippen LogP contribution in [-0.4, -0.2) is 33.8 Å². The van der Waals surface area contributed by atoms with Gasteiger partial charge in [-0.15, -0.1) is 11.3 Å². The number of ether oxygens (including phenoxy) is 3. The number of guanidine groups is 1. The molecule has 27 heavy (non-hydrogen) atoms. The van der Waals surface area contributed by atoms with Crippen LogP contribution in [0.25, 0.3) is 0 Å². The molecule has 0 aliphatic carbocycles. The Bertz CT molecular complexity index is 734. The minimum absolute atomic E-state index is 0.497. The van der Waals surface area contributed by atoms with Gasteiger partial charge in [0.2, 0.25) is 5.75 Å². The molecular weight excluding hydrogens is 362 g/mol. The highest BCUT2D eigenvalue weighted by molar-refractivity contribution is 7.11. The molecule has 1 aromatic heterocycles. The maximum Gasteiger partial charge on any atom is 0.203 e. The van der Waals surface area contributed by atoms with Gasteiger partial charge in [0.1, 0.15) is 0 Å². The van der Waals surface area contributed by atoms with E-state index < -0.39 is 0 Å². The minimum atomic E-state index is 0.497. The zero-order valence-corrected chi connectivity index (χ0v) is 17.5. The van der Waals surface area contributed by atoms with Gasteiger partial charge in [-0.05, 0) is 43.2 Å². The van der Waals surface area contributed by atoms with Crippen molar-refractivity contribution >= 4 is 17.3 Å². The summed E-state index contributed by atoms with van der Waals surface area (Å²) in [6.45, 7) is 6.27. The van der Waals surface area contributed by atoms with Crippen LogP contribution < -0.4 is 24.8 Å². The summed E-state index contributed by atoms with van der Waals surface area (Å²) in [6, 6.07) is 8.18. The van der Waals surface area contributed by atoms with E-state index in [1.807, 2.05) is 23.5 Å². The van der Waals surface area contributed by atoms with Crippen molar-refractivity contribution in [1.29, 1.82) is 0 Å². The summed E-state index contributed by atoms with van der Waals surface area (Å²) in [4.78, 5) is 7.37. The fourth-order valence-electron chi connectivity index (χ4n) is 2.62. The van der Waals surface area contributed by atoms with Crippen LogP contribution in [-0.2, 0) is 19.5 Å². The zero-order chi connectivity index (χ0) is 19.6. The van der Waals surface area contributed by atoms with Crippen LogP contribution >= 0.6 is 11.3 Å². The lowest BCUT2D eigenvalue weighted by Crippen LogP contribution is -2.36. The van der Waals surface area contributed by atoms with Crippen LogP contribution in [0.3, 0.4) is 0 Å². The number of aryl methyl sites for hydroxylation is 1. The lowest BCUT2D eigenvalue weighted by molar-refractivity contribution is 0.324. The first-order valence-corrected chi connectivity index (χ1v) is 9.85. The highest BCUT2D eigenvalue weighted by Gasteiger charge is 2.13. The van der Waals surface area contributed by atoms with Crippen molar-refractivity contribution in [3.63, 3.8) is 0 Å². The lowest BCUT2D eigenvalue weighted by Gasteiger charge is -2.14. The summed E-state index contributed by atoms with van der Waals surface area (Å²) in [5.41, 5.74) is 0.978. The molecule has 0 saturated carbocycles. The largest absolute Gasteiger partial charge is 0.493 e. The third kappa shape index (κ3) is 5.79. The molecule has 0 fully saturated rings. The van der Waals surface area contributed by atoms with Gasteiger partial charge in [0.25, 0.3) is 0 Å². The molecular formula is C20H29N3O3S. The zero-order valence-electron chi connectivity index (χ0n) is 16.7. The minimum Gasteiger partial charge on any atom is -0.493 e. The van der Waals surface area contributed by atoms with E-state index in [2.05, 4.69) is 41.6 Å². The molecule has 2 N–H and O–H groups in total. The van der Waals surface area contributed by atoms with Crippen molar-refractivity contribution in [2.45, 2.75) is 33.4 Å². The van der Waals surface area contributed by atoms with E-state index in [9.17, 15) is 0 Å². The van der Waals surface area contributed by atoms with Crippen molar-refractivity contribution in [3.8, 4) is 17.2 Å². The predicted octanol–water partition coefficient (Wildman–Crippen LogP) is 3.59. The highest BCUT2D eigenvalue weighted by atomic mass is 32.1. The van der Waals surface area contributed by atoms with E-state index in [1.165, 1.54) is 9.75 Å². The molecule has 0 bridgehead atoms. The molecule has 0 aliphatic rings. The van der Waals surface area contributed by atoms with Crippen molar-refractivity contribution in [2.75, 3.05) is 27.9 Å². The standard InChI is InChI=1S/C20H29N3O3S/c1-6-15-8-9-16(27-15)13-23-20(21-7-2)22-12-14-10-17(24-3)19(26-5)18(11-14)25-4/h8-11H,6-7,12-13H2,1-5H3,(H2,21,22,23). The first kappa shape index (κ1) is 20.9. The summed E-state index contributed by atoms with van der Waals surface area (Å²) >= 11 is 1.83. The van der Waals surface area contributed by atoms with E-state index >= 15 is 0 Å². The maximum absolute atomic E-state index is 5.41. The third-order valence-corrected chi connectivity index (χ3v) is 5.21. The first-order chi connectivity index (χ1) is 13.1. The number of hydrogen-bond donors (Lipinski definition) is 2. The molecule has 148 valence electrons. The Morgan fingerprint density at radius 3 is 2.15 bits per heavy atom. The SMILES string of the molecule is CCNC(=NCc1cc(OC)c(OC)c(OC)c1)NCc1ccc(CC)s1. The molecule has 0 aliphatic heterocycles. The second-order valence-electron chi connectivity index (χ2n) is 5.80. The third-order valence-electron chi connectivity index (χ3n) is 3.98. The molecule has 0 radical (unpaired) electrons. The number of hydrogen-bond acceptors (Lipinski definition) is 5. The van der Waals surface area contributed by atoms with E-state index in [-0.39, 0.29) is 0 Å². The molecule has 1 heterocycles. The summed E-state index contributed by atoms with van der Waals surface area (Å²) in [5, 5.41) is 6.67. The number of aliphatic imine (C=N–C) groups is 1. The van der Waals surface area contributed by atoms with Crippen LogP contribution in [0.2, 0.25) is 0 Å². The Morgan fingerprint density at radius 2 is 1.63 bits per heavy atom. The van der Waals surface area contributed by atoms with E-state index in [1.54, 1.807) is 21.3 Å². The average Bonchev–Trinajstić information content (AvgIpc) is 3.17. The first-order valence-electron chi connectivity index (χ1n) is 9.03. The number of nitrogens with zero attached hydrogens (tertiary/aromatic N) is 1. The molecule has 0 atom stereocenters. The van der Waals surface area contributed by atoms with Crippen LogP contribution in [0.4, 0.5) is 0 Å². The molecule has 1 aromatic carbocycles. The summed E-state index contributed by atoms with van der Waals surface area (Å²) < 4.78 is 16.2.